The highest BCUT2D eigenvalue weighted by atomic mass is 35.5. The van der Waals surface area contributed by atoms with E-state index in [0.29, 0.717) is 30.6 Å². The molecule has 7 heteroatoms. The summed E-state index contributed by atoms with van der Waals surface area (Å²) < 4.78 is 2.13. The first kappa shape index (κ1) is 18.2. The van der Waals surface area contributed by atoms with E-state index in [0.717, 1.165) is 36.4 Å². The molecule has 0 bridgehead atoms. The fourth-order valence-corrected chi connectivity index (χ4v) is 3.66. The predicted octanol–water partition coefficient (Wildman–Crippen LogP) is 2.05. The molecule has 0 saturated carbocycles. The van der Waals surface area contributed by atoms with E-state index in [1.54, 1.807) is 0 Å². The van der Waals surface area contributed by atoms with Gasteiger partial charge in [-0.2, -0.15) is 0 Å². The van der Waals surface area contributed by atoms with Crippen molar-refractivity contribution < 1.29 is 4.79 Å². The Morgan fingerprint density at radius 2 is 2.28 bits per heavy atom. The molecule has 25 heavy (non-hydrogen) atoms. The number of hydrogen-bond donors (Lipinski definition) is 2. The van der Waals surface area contributed by atoms with E-state index in [4.69, 9.17) is 22.3 Å². The molecule has 0 aliphatic carbocycles. The van der Waals surface area contributed by atoms with E-state index in [-0.39, 0.29) is 5.91 Å². The number of imidazole rings is 1. The van der Waals surface area contributed by atoms with Gasteiger partial charge in [-0.25, -0.2) is 4.98 Å². The number of aromatic nitrogens is 2. The second-order valence-corrected chi connectivity index (χ2v) is 7.12. The van der Waals surface area contributed by atoms with Gasteiger partial charge in [-0.15, -0.1) is 0 Å². The molecule has 1 saturated heterocycles. The third-order valence-corrected chi connectivity index (χ3v) is 5.17. The minimum Gasteiger partial charge on any atom is -0.354 e. The van der Waals surface area contributed by atoms with Crippen molar-refractivity contribution in [3.05, 3.63) is 29.0 Å². The zero-order valence-corrected chi connectivity index (χ0v) is 15.4. The number of hydrogen-bond acceptors (Lipinski definition) is 4. The molecule has 3 N–H and O–H groups in total. The van der Waals surface area contributed by atoms with Crippen LogP contribution in [0.25, 0.3) is 11.0 Å². The van der Waals surface area contributed by atoms with Gasteiger partial charge in [0.1, 0.15) is 5.82 Å². The minimum atomic E-state index is 0.0328. The van der Waals surface area contributed by atoms with Gasteiger partial charge in [0.25, 0.3) is 0 Å². The summed E-state index contributed by atoms with van der Waals surface area (Å²) in [4.78, 5) is 18.9. The normalized spacial score (nSPS) is 18.6. The lowest BCUT2D eigenvalue weighted by Crippen LogP contribution is -2.46. The molecule has 1 atom stereocenters. The van der Waals surface area contributed by atoms with Gasteiger partial charge in [-0.1, -0.05) is 18.0 Å². The highest BCUT2D eigenvalue weighted by Gasteiger charge is 2.24. The van der Waals surface area contributed by atoms with Crippen LogP contribution in [0.3, 0.4) is 0 Å². The first-order valence-corrected chi connectivity index (χ1v) is 9.28. The predicted molar refractivity (Wildman–Crippen MR) is 100 cm³/mol. The van der Waals surface area contributed by atoms with E-state index in [1.807, 2.05) is 25.2 Å². The quantitative estimate of drug-likeness (QED) is 0.823. The fourth-order valence-electron chi connectivity index (χ4n) is 3.50. The van der Waals surface area contributed by atoms with E-state index in [2.05, 4.69) is 14.8 Å². The number of carbonyl (C=O) groups excluding carboxylic acids is 1. The Kier molecular flexibility index (Phi) is 5.93. The monoisotopic (exact) mass is 363 g/mol. The molecular weight excluding hydrogens is 338 g/mol. The molecule has 1 aromatic heterocycles. The summed E-state index contributed by atoms with van der Waals surface area (Å²) in [6, 6.07) is 6.15. The van der Waals surface area contributed by atoms with Crippen LogP contribution in [0.2, 0.25) is 5.02 Å². The standard InChI is InChI=1S/C18H26ClN5O/c1-23-16-6-5-13(19)10-15(16)22-17(23)12-24-9-3-2-4-14(24)11-21-18(25)7-8-20/h5-6,10,14H,2-4,7-9,11-12,20H2,1H3,(H,21,25). The molecule has 1 aliphatic heterocycles. The zero-order chi connectivity index (χ0) is 17.8. The van der Waals surface area contributed by atoms with Crippen molar-refractivity contribution in [2.45, 2.75) is 38.3 Å². The molecular formula is C18H26ClN5O. The number of fused-ring (bicyclic) bond motifs is 1. The molecule has 2 heterocycles. The van der Waals surface area contributed by atoms with Crippen LogP contribution in [0.15, 0.2) is 18.2 Å². The van der Waals surface area contributed by atoms with E-state index in [9.17, 15) is 4.79 Å². The van der Waals surface area contributed by atoms with E-state index < -0.39 is 0 Å². The summed E-state index contributed by atoms with van der Waals surface area (Å²) in [6.07, 6.45) is 3.87. The highest BCUT2D eigenvalue weighted by Crippen LogP contribution is 2.23. The van der Waals surface area contributed by atoms with Crippen molar-refractivity contribution in [3.8, 4) is 0 Å². The van der Waals surface area contributed by atoms with E-state index >= 15 is 0 Å². The number of likely N-dealkylation sites (tertiary alicyclic amines) is 1. The number of piperidine rings is 1. The van der Waals surface area contributed by atoms with Crippen molar-refractivity contribution in [1.29, 1.82) is 0 Å². The maximum absolute atomic E-state index is 11.7. The summed E-state index contributed by atoms with van der Waals surface area (Å²) in [5.74, 6) is 1.06. The van der Waals surface area contributed by atoms with Crippen LogP contribution in [-0.2, 0) is 18.4 Å². The van der Waals surface area contributed by atoms with Gasteiger partial charge in [-0.3, -0.25) is 9.69 Å². The molecule has 1 amide bonds. The Morgan fingerprint density at radius 1 is 1.44 bits per heavy atom. The van der Waals surface area contributed by atoms with Gasteiger partial charge in [-0.05, 0) is 37.6 Å². The third kappa shape index (κ3) is 4.32. The molecule has 1 fully saturated rings. The second kappa shape index (κ2) is 8.17. The van der Waals surface area contributed by atoms with Crippen LogP contribution in [0.5, 0.6) is 0 Å². The number of amides is 1. The number of halogens is 1. The minimum absolute atomic E-state index is 0.0328. The van der Waals surface area contributed by atoms with Gasteiger partial charge in [0.15, 0.2) is 0 Å². The Morgan fingerprint density at radius 3 is 3.08 bits per heavy atom. The van der Waals surface area contributed by atoms with Crippen LogP contribution in [0, 0.1) is 0 Å². The number of benzene rings is 1. The molecule has 2 aromatic rings. The lowest BCUT2D eigenvalue weighted by Gasteiger charge is -2.35. The van der Waals surface area contributed by atoms with Crippen LogP contribution in [-0.4, -0.2) is 46.0 Å². The van der Waals surface area contributed by atoms with Crippen molar-refractivity contribution in [2.75, 3.05) is 19.6 Å². The molecule has 1 aromatic carbocycles. The first-order chi connectivity index (χ1) is 12.1. The molecule has 6 nitrogen and oxygen atoms in total. The maximum Gasteiger partial charge on any atom is 0.221 e. The summed E-state index contributed by atoms with van der Waals surface area (Å²) >= 11 is 6.08. The lowest BCUT2D eigenvalue weighted by atomic mass is 10.0. The van der Waals surface area contributed by atoms with Gasteiger partial charge < -0.3 is 15.6 Å². The number of carbonyl (C=O) groups is 1. The number of nitrogens with zero attached hydrogens (tertiary/aromatic N) is 3. The summed E-state index contributed by atoms with van der Waals surface area (Å²) in [5, 5.41) is 3.72. The van der Waals surface area contributed by atoms with Gasteiger partial charge >= 0.3 is 0 Å². The Labute approximate surface area is 153 Å². The van der Waals surface area contributed by atoms with Crippen LogP contribution in [0.1, 0.15) is 31.5 Å². The SMILES string of the molecule is Cn1c(CN2CCCCC2CNC(=O)CCN)nc2cc(Cl)ccc21. The van der Waals surface area contributed by atoms with Crippen LogP contribution < -0.4 is 11.1 Å². The Balaban J connectivity index is 1.71. The van der Waals surface area contributed by atoms with E-state index in [1.165, 1.54) is 12.8 Å². The van der Waals surface area contributed by atoms with Gasteiger partial charge in [0.05, 0.1) is 17.6 Å². The highest BCUT2D eigenvalue weighted by molar-refractivity contribution is 6.31. The summed E-state index contributed by atoms with van der Waals surface area (Å²) in [7, 11) is 2.04. The zero-order valence-electron chi connectivity index (χ0n) is 14.7. The van der Waals surface area contributed by atoms with Crippen molar-refractivity contribution >= 4 is 28.5 Å². The second-order valence-electron chi connectivity index (χ2n) is 6.68. The fraction of sp³-hybridized carbons (Fsp3) is 0.556. The average Bonchev–Trinajstić information content (AvgIpc) is 2.89. The molecule has 136 valence electrons. The Hall–Kier alpha value is -1.63. The number of rotatable bonds is 6. The van der Waals surface area contributed by atoms with Crippen LogP contribution in [0.4, 0.5) is 0 Å². The molecule has 0 radical (unpaired) electrons. The number of nitrogens with one attached hydrogen (secondary N) is 1. The van der Waals surface area contributed by atoms with Gasteiger partial charge in [0.2, 0.25) is 5.91 Å². The largest absolute Gasteiger partial charge is 0.354 e. The number of aryl methyl sites for hydroxylation is 1. The summed E-state index contributed by atoms with van der Waals surface area (Å²) in [6.45, 7) is 2.87. The average molecular weight is 364 g/mol. The third-order valence-electron chi connectivity index (χ3n) is 4.94. The van der Waals surface area contributed by atoms with Crippen molar-refractivity contribution in [2.24, 2.45) is 12.8 Å². The smallest absolute Gasteiger partial charge is 0.221 e. The maximum atomic E-state index is 11.7. The lowest BCUT2D eigenvalue weighted by molar-refractivity contribution is -0.121. The first-order valence-electron chi connectivity index (χ1n) is 8.90. The Bertz CT molecular complexity index is 744. The molecule has 1 aliphatic rings. The van der Waals surface area contributed by atoms with Crippen molar-refractivity contribution in [1.82, 2.24) is 19.8 Å². The summed E-state index contributed by atoms with van der Waals surface area (Å²) in [5.41, 5.74) is 7.45. The molecule has 0 spiro atoms. The number of nitrogens with two attached hydrogens (primary N) is 1. The van der Waals surface area contributed by atoms with Crippen molar-refractivity contribution in [3.63, 3.8) is 0 Å². The molecule has 1 unspecified atom stereocenters. The van der Waals surface area contributed by atoms with Crippen LogP contribution >= 0.6 is 11.6 Å². The molecule has 3 rings (SSSR count). The van der Waals surface area contributed by atoms with Gasteiger partial charge in [0, 0.05) is 37.6 Å². The topological polar surface area (TPSA) is 76.2 Å².